The fourth-order valence-corrected chi connectivity index (χ4v) is 7.40. The van der Waals surface area contributed by atoms with Crippen molar-refractivity contribution in [3.8, 4) is 67.5 Å². The molecule has 262 valence electrons. The highest BCUT2D eigenvalue weighted by Crippen LogP contribution is 2.40. The zero-order valence-corrected chi connectivity index (χ0v) is 29.6. The van der Waals surface area contributed by atoms with E-state index in [1.54, 1.807) is 0 Å². The fraction of sp³-hybridized carbons (Fsp3) is 0. The normalized spacial score (nSPS) is 13.1. The molecule has 0 unspecified atom stereocenters. The third-order valence-corrected chi connectivity index (χ3v) is 10.1. The van der Waals surface area contributed by atoms with Gasteiger partial charge in [0.2, 0.25) is 0 Å². The number of aromatic nitrogens is 3. The molecule has 5 heteroatoms. The van der Waals surface area contributed by atoms with Crippen LogP contribution in [0.15, 0.2) is 197 Å². The van der Waals surface area contributed by atoms with Crippen LogP contribution < -0.4 is 0 Å². The van der Waals surface area contributed by atoms with Crippen LogP contribution in [0, 0.1) is 0 Å². The van der Waals surface area contributed by atoms with E-state index < -0.39 is 0 Å². The number of para-hydroxylation sites is 1. The van der Waals surface area contributed by atoms with Crippen molar-refractivity contribution in [2.45, 2.75) is 0 Å². The number of rotatable bonds is 6. The molecule has 0 saturated carbocycles. The number of hydrogen-bond acceptors (Lipinski definition) is 5. The fourth-order valence-electron chi connectivity index (χ4n) is 7.40. The Balaban J connectivity index is 1.16. The molecule has 8 aromatic carbocycles. The van der Waals surface area contributed by atoms with Crippen LogP contribution in [-0.4, -0.2) is 15.0 Å². The van der Waals surface area contributed by atoms with Gasteiger partial charge in [-0.15, -0.1) is 0 Å². The number of furan rings is 2. The van der Waals surface area contributed by atoms with Crippen LogP contribution in [0.3, 0.4) is 0 Å². The van der Waals surface area contributed by atoms with E-state index in [-0.39, 0.29) is 86.8 Å². The number of nitrogens with zero attached hydrogens (tertiary/aromatic N) is 3. The molecule has 0 aliphatic rings. The monoisotopic (exact) mass is 723 g/mol. The average Bonchev–Trinajstić information content (AvgIpc) is 3.91. The highest BCUT2D eigenvalue weighted by molar-refractivity contribution is 6.13. The van der Waals surface area contributed by atoms with Gasteiger partial charge in [-0.25, -0.2) is 15.0 Å². The minimum atomic E-state index is -0.353. The van der Waals surface area contributed by atoms with Crippen LogP contribution in [0.5, 0.6) is 0 Å². The average molecular weight is 724 g/mol. The minimum absolute atomic E-state index is 0.0176. The number of fused-ring (bicyclic) bond motifs is 6. The summed E-state index contributed by atoms with van der Waals surface area (Å²) < 4.78 is 68.0. The first-order valence-corrected chi connectivity index (χ1v) is 18.2. The van der Waals surface area contributed by atoms with E-state index in [0.717, 1.165) is 33.0 Å². The molecule has 0 N–H and O–H groups in total. The molecule has 11 aromatic rings. The zero-order valence-electron chi connectivity index (χ0n) is 35.6. The summed E-state index contributed by atoms with van der Waals surface area (Å²) in [7, 11) is 0. The molecule has 0 fully saturated rings. The van der Waals surface area contributed by atoms with Gasteiger partial charge in [-0.05, 0) is 69.7 Å². The van der Waals surface area contributed by atoms with Crippen LogP contribution in [-0.2, 0) is 0 Å². The van der Waals surface area contributed by atoms with Gasteiger partial charge in [-0.1, -0.05) is 152 Å². The van der Waals surface area contributed by atoms with E-state index in [1.165, 1.54) is 0 Å². The van der Waals surface area contributed by atoms with Gasteiger partial charge in [-0.2, -0.15) is 0 Å². The Kier molecular flexibility index (Phi) is 6.10. The Morgan fingerprint density at radius 2 is 0.946 bits per heavy atom. The van der Waals surface area contributed by atoms with Crippen molar-refractivity contribution in [2.75, 3.05) is 0 Å². The second kappa shape index (κ2) is 13.0. The standard InChI is InChI=1S/C51H31N3O2/c1-3-12-32(13-4-1)34-24-26-35(27-25-34)39-19-10-22-44-47(39)41-29-28-38(31-46(41)56-44)50-52-49(37-17-9-16-36(30-37)33-14-5-2-6-15-33)53-51(54-50)42-20-11-23-45-48(42)40-18-7-8-21-43(40)55-45/h1-31H/i10D,19D,22D,28D,29D,31D. The van der Waals surface area contributed by atoms with E-state index in [1.807, 2.05) is 152 Å². The molecule has 5 nitrogen and oxygen atoms in total. The maximum absolute atomic E-state index is 9.67. The smallest absolute Gasteiger partial charge is 0.164 e. The summed E-state index contributed by atoms with van der Waals surface area (Å²) >= 11 is 0. The molecule has 0 bridgehead atoms. The third kappa shape index (κ3) is 5.45. The van der Waals surface area contributed by atoms with Gasteiger partial charge in [0.25, 0.3) is 0 Å². The maximum Gasteiger partial charge on any atom is 0.164 e. The molecule has 0 atom stereocenters. The van der Waals surface area contributed by atoms with Crippen LogP contribution in [0.1, 0.15) is 8.22 Å². The molecule has 0 spiro atoms. The summed E-state index contributed by atoms with van der Waals surface area (Å²) in [5, 5.41) is 1.99. The molecule has 3 heterocycles. The minimum Gasteiger partial charge on any atom is -0.456 e. The lowest BCUT2D eigenvalue weighted by Gasteiger charge is -2.10. The van der Waals surface area contributed by atoms with Gasteiger partial charge < -0.3 is 8.83 Å². The van der Waals surface area contributed by atoms with E-state index in [9.17, 15) is 4.11 Å². The van der Waals surface area contributed by atoms with E-state index in [0.29, 0.717) is 27.9 Å². The van der Waals surface area contributed by atoms with Crippen LogP contribution in [0.2, 0.25) is 0 Å². The highest BCUT2D eigenvalue weighted by atomic mass is 16.3. The van der Waals surface area contributed by atoms with Crippen LogP contribution in [0.4, 0.5) is 0 Å². The molecule has 56 heavy (non-hydrogen) atoms. The van der Waals surface area contributed by atoms with E-state index in [2.05, 4.69) is 0 Å². The lowest BCUT2D eigenvalue weighted by molar-refractivity contribution is 0.668. The topological polar surface area (TPSA) is 65.0 Å². The largest absolute Gasteiger partial charge is 0.456 e. The van der Waals surface area contributed by atoms with Crippen molar-refractivity contribution in [1.82, 2.24) is 15.0 Å². The summed E-state index contributed by atoms with van der Waals surface area (Å²) in [6, 6.07) is 46.6. The van der Waals surface area contributed by atoms with Gasteiger partial charge in [0.05, 0.1) is 8.22 Å². The van der Waals surface area contributed by atoms with Gasteiger partial charge >= 0.3 is 0 Å². The van der Waals surface area contributed by atoms with E-state index >= 15 is 0 Å². The Hall–Kier alpha value is -7.63. The molecule has 0 radical (unpaired) electrons. The van der Waals surface area contributed by atoms with Crippen molar-refractivity contribution in [3.05, 3.63) is 188 Å². The number of benzene rings is 8. The lowest BCUT2D eigenvalue weighted by atomic mass is 9.96. The summed E-state index contributed by atoms with van der Waals surface area (Å²) in [5.74, 6) is 0.542. The molecule has 0 aliphatic carbocycles. The van der Waals surface area contributed by atoms with Gasteiger partial charge in [0.15, 0.2) is 17.5 Å². The molecule has 0 saturated heterocycles. The first kappa shape index (κ1) is 26.2. The predicted molar refractivity (Wildman–Crippen MR) is 227 cm³/mol. The zero-order chi connectivity index (χ0) is 42.2. The second-order valence-electron chi connectivity index (χ2n) is 13.5. The Morgan fingerprint density at radius 1 is 0.357 bits per heavy atom. The molecule has 0 aliphatic heterocycles. The van der Waals surface area contributed by atoms with Crippen LogP contribution >= 0.6 is 0 Å². The molecular formula is C51H31N3O2. The first-order valence-electron chi connectivity index (χ1n) is 21.2. The lowest BCUT2D eigenvalue weighted by Crippen LogP contribution is -2.00. The van der Waals surface area contributed by atoms with Crippen molar-refractivity contribution < 1.29 is 17.1 Å². The SMILES string of the molecule is [2H]c1c([2H])c(-c2ccc(-c3ccccc3)cc2)c2c(oc3c([2H])c(-c4nc(-c5cccc(-c6ccccc6)c5)nc(-c5cccc6oc7ccccc7c56)n4)c([2H])c([2H])c32)c1[2H]. The predicted octanol–water partition coefficient (Wildman–Crippen LogP) is 13.7. The van der Waals surface area contributed by atoms with Crippen molar-refractivity contribution in [1.29, 1.82) is 0 Å². The number of hydrogen-bond donors (Lipinski definition) is 0. The third-order valence-electron chi connectivity index (χ3n) is 10.1. The Labute approximate surface area is 330 Å². The van der Waals surface area contributed by atoms with Gasteiger partial charge in [0, 0.05) is 38.2 Å². The van der Waals surface area contributed by atoms with Gasteiger partial charge in [-0.3, -0.25) is 0 Å². The van der Waals surface area contributed by atoms with Gasteiger partial charge in [0.1, 0.15) is 22.3 Å². The molecule has 0 amide bonds. The van der Waals surface area contributed by atoms with E-state index in [4.69, 9.17) is 27.9 Å². The summed E-state index contributed by atoms with van der Waals surface area (Å²) in [6.07, 6.45) is 0. The van der Waals surface area contributed by atoms with Crippen molar-refractivity contribution in [3.63, 3.8) is 0 Å². The molecule has 11 rings (SSSR count). The molecular weight excluding hydrogens is 687 g/mol. The second-order valence-corrected chi connectivity index (χ2v) is 13.5. The Bertz CT molecular complexity index is 3590. The maximum atomic E-state index is 9.67. The molecule has 3 aromatic heterocycles. The first-order chi connectivity index (χ1) is 30.2. The Morgan fingerprint density at radius 3 is 1.77 bits per heavy atom. The summed E-state index contributed by atoms with van der Waals surface area (Å²) in [5.41, 5.74) is 7.22. The van der Waals surface area contributed by atoms with Crippen molar-refractivity contribution >= 4 is 43.9 Å². The summed E-state index contributed by atoms with van der Waals surface area (Å²) in [4.78, 5) is 14.9. The summed E-state index contributed by atoms with van der Waals surface area (Å²) in [6.45, 7) is 0. The van der Waals surface area contributed by atoms with Crippen molar-refractivity contribution in [2.24, 2.45) is 0 Å². The quantitative estimate of drug-likeness (QED) is 0.171. The highest BCUT2D eigenvalue weighted by Gasteiger charge is 2.20. The van der Waals surface area contributed by atoms with Crippen LogP contribution in [0.25, 0.3) is 111 Å².